The van der Waals surface area contributed by atoms with Gasteiger partial charge in [0.25, 0.3) is 0 Å². The third kappa shape index (κ3) is 3.67. The summed E-state index contributed by atoms with van der Waals surface area (Å²) in [7, 11) is -3.24. The van der Waals surface area contributed by atoms with Crippen LogP contribution in [0.15, 0.2) is 16.5 Å². The van der Waals surface area contributed by atoms with Crippen LogP contribution in [0.1, 0.15) is 37.3 Å². The molecule has 2 atom stereocenters. The second kappa shape index (κ2) is 6.64. The average Bonchev–Trinajstić information content (AvgIpc) is 2.98. The lowest BCUT2D eigenvalue weighted by Crippen LogP contribution is -2.40. The quantitative estimate of drug-likeness (QED) is 0.830. The molecule has 1 saturated heterocycles. The Balaban J connectivity index is 1.68. The molecule has 122 valence electrons. The number of aromatic nitrogens is 2. The first-order valence-electron chi connectivity index (χ1n) is 7.59. The van der Waals surface area contributed by atoms with Crippen molar-refractivity contribution in [2.45, 2.75) is 41.9 Å². The lowest BCUT2D eigenvalue weighted by molar-refractivity contribution is 0.0669. The lowest BCUT2D eigenvalue weighted by Gasteiger charge is -2.34. The maximum atomic E-state index is 11.8. The van der Waals surface area contributed by atoms with Crippen molar-refractivity contribution in [3.63, 3.8) is 0 Å². The molecule has 0 unspecified atom stereocenters. The summed E-state index contributed by atoms with van der Waals surface area (Å²) in [6, 6.07) is 0. The smallest absolute Gasteiger partial charge is 0.188 e. The predicted molar refractivity (Wildman–Crippen MR) is 84.7 cm³/mol. The van der Waals surface area contributed by atoms with Crippen LogP contribution >= 0.6 is 11.5 Å². The number of piperidine rings is 1. The zero-order chi connectivity index (χ0) is 15.6. The van der Waals surface area contributed by atoms with E-state index in [0.29, 0.717) is 9.90 Å². The number of sulfone groups is 1. The van der Waals surface area contributed by atoms with Crippen molar-refractivity contribution in [2.75, 3.05) is 25.9 Å². The number of hydrogen-bond acceptors (Lipinski definition) is 7. The maximum absolute atomic E-state index is 11.8. The van der Waals surface area contributed by atoms with Gasteiger partial charge in [0, 0.05) is 36.8 Å². The van der Waals surface area contributed by atoms with E-state index in [9.17, 15) is 8.42 Å². The van der Waals surface area contributed by atoms with Gasteiger partial charge in [-0.1, -0.05) is 4.49 Å². The van der Waals surface area contributed by atoms with E-state index in [4.69, 9.17) is 4.74 Å². The highest BCUT2D eigenvalue weighted by Crippen LogP contribution is 2.32. The first-order valence-corrected chi connectivity index (χ1v) is 10.3. The van der Waals surface area contributed by atoms with Crippen molar-refractivity contribution in [3.8, 4) is 0 Å². The van der Waals surface area contributed by atoms with E-state index in [0.717, 1.165) is 56.9 Å². The highest BCUT2D eigenvalue weighted by atomic mass is 32.2. The first-order chi connectivity index (χ1) is 10.5. The van der Waals surface area contributed by atoms with Crippen molar-refractivity contribution in [1.29, 1.82) is 0 Å². The Morgan fingerprint density at radius 1 is 1.45 bits per heavy atom. The molecule has 3 rings (SSSR count). The van der Waals surface area contributed by atoms with Crippen LogP contribution in [-0.4, -0.2) is 54.9 Å². The standard InChI is InChI=1S/C14H21N3O3S2/c1-22(18,19)14-13(15-16-21-14)11-5-4-7-17(9-11)10-12-6-2-3-8-20-12/h3,8,11-12H,2,4-7,9-10H2,1H3/t11-,12-/m1/s1. The van der Waals surface area contributed by atoms with Gasteiger partial charge < -0.3 is 4.74 Å². The van der Waals surface area contributed by atoms with Gasteiger partial charge in [-0.2, -0.15) is 0 Å². The molecule has 0 radical (unpaired) electrons. The summed E-state index contributed by atoms with van der Waals surface area (Å²) < 4.78 is 33.5. The molecule has 0 bridgehead atoms. The lowest BCUT2D eigenvalue weighted by atomic mass is 9.95. The van der Waals surface area contributed by atoms with Gasteiger partial charge in [-0.3, -0.25) is 4.90 Å². The summed E-state index contributed by atoms with van der Waals surface area (Å²) in [5, 5.41) is 4.11. The molecule has 0 amide bonds. The summed E-state index contributed by atoms with van der Waals surface area (Å²) in [4.78, 5) is 2.36. The molecule has 3 heterocycles. The van der Waals surface area contributed by atoms with Crippen LogP contribution < -0.4 is 0 Å². The summed E-state index contributed by atoms with van der Waals surface area (Å²) >= 11 is 0.986. The molecule has 1 aromatic heterocycles. The van der Waals surface area contributed by atoms with E-state index < -0.39 is 9.84 Å². The predicted octanol–water partition coefficient (Wildman–Crippen LogP) is 1.81. The van der Waals surface area contributed by atoms with Crippen molar-refractivity contribution >= 4 is 21.4 Å². The van der Waals surface area contributed by atoms with E-state index in [2.05, 4.69) is 20.6 Å². The van der Waals surface area contributed by atoms with Gasteiger partial charge >= 0.3 is 0 Å². The molecule has 1 fully saturated rings. The summed E-state index contributed by atoms with van der Waals surface area (Å²) in [6.07, 6.45) is 9.45. The molecule has 1 aromatic rings. The monoisotopic (exact) mass is 343 g/mol. The Bertz CT molecular complexity index is 642. The Hall–Kier alpha value is -0.990. The van der Waals surface area contributed by atoms with E-state index >= 15 is 0 Å². The van der Waals surface area contributed by atoms with Crippen molar-refractivity contribution in [3.05, 3.63) is 18.0 Å². The zero-order valence-corrected chi connectivity index (χ0v) is 14.3. The molecule has 8 heteroatoms. The Morgan fingerprint density at radius 2 is 2.32 bits per heavy atom. The van der Waals surface area contributed by atoms with Crippen LogP contribution in [0.4, 0.5) is 0 Å². The van der Waals surface area contributed by atoms with Crippen LogP contribution in [0.25, 0.3) is 0 Å². The molecule has 0 spiro atoms. The largest absolute Gasteiger partial charge is 0.497 e. The minimum absolute atomic E-state index is 0.149. The molecule has 6 nitrogen and oxygen atoms in total. The van der Waals surface area contributed by atoms with Gasteiger partial charge in [-0.15, -0.1) is 5.10 Å². The van der Waals surface area contributed by atoms with Crippen LogP contribution in [0.3, 0.4) is 0 Å². The topological polar surface area (TPSA) is 72.4 Å². The summed E-state index contributed by atoms with van der Waals surface area (Å²) in [5.41, 5.74) is 0.654. The van der Waals surface area contributed by atoms with E-state index in [1.807, 2.05) is 0 Å². The van der Waals surface area contributed by atoms with Gasteiger partial charge in [-0.05, 0) is 38.3 Å². The molecule has 0 saturated carbocycles. The van der Waals surface area contributed by atoms with Crippen LogP contribution in [-0.2, 0) is 14.6 Å². The first kappa shape index (κ1) is 15.9. The van der Waals surface area contributed by atoms with Crippen LogP contribution in [0.5, 0.6) is 0 Å². The number of likely N-dealkylation sites (tertiary alicyclic amines) is 1. The van der Waals surface area contributed by atoms with Crippen LogP contribution in [0.2, 0.25) is 0 Å². The van der Waals surface area contributed by atoms with Gasteiger partial charge in [0.05, 0.1) is 12.0 Å². The van der Waals surface area contributed by atoms with Crippen molar-refractivity contribution < 1.29 is 13.2 Å². The normalized spacial score (nSPS) is 26.8. The highest BCUT2D eigenvalue weighted by Gasteiger charge is 2.30. The van der Waals surface area contributed by atoms with E-state index in [1.165, 1.54) is 6.26 Å². The molecular formula is C14H21N3O3S2. The average molecular weight is 343 g/mol. The number of allylic oxidation sites excluding steroid dienone is 1. The number of nitrogens with zero attached hydrogens (tertiary/aromatic N) is 3. The van der Waals surface area contributed by atoms with E-state index in [1.54, 1.807) is 6.26 Å². The van der Waals surface area contributed by atoms with Gasteiger partial charge in [-0.25, -0.2) is 8.42 Å². The minimum Gasteiger partial charge on any atom is -0.497 e. The molecule has 0 N–H and O–H groups in total. The fourth-order valence-corrected chi connectivity index (χ4v) is 4.88. The Morgan fingerprint density at radius 3 is 3.05 bits per heavy atom. The van der Waals surface area contributed by atoms with Crippen LogP contribution in [0, 0.1) is 0 Å². The number of rotatable bonds is 4. The third-order valence-electron chi connectivity index (χ3n) is 4.19. The SMILES string of the molecule is CS(=O)(=O)c1snnc1[C@@H]1CCCN(C[C@H]2CCC=CO2)C1. The molecule has 0 aliphatic carbocycles. The second-order valence-corrected chi connectivity index (χ2v) is 8.99. The third-order valence-corrected chi connectivity index (χ3v) is 6.75. The molecule has 2 aliphatic rings. The Kier molecular flexibility index (Phi) is 4.79. The highest BCUT2D eigenvalue weighted by molar-refractivity contribution is 7.92. The molecular weight excluding hydrogens is 322 g/mol. The molecule has 0 aromatic carbocycles. The number of ether oxygens (including phenoxy) is 1. The minimum atomic E-state index is -3.24. The fraction of sp³-hybridized carbons (Fsp3) is 0.714. The Labute approximate surface area is 135 Å². The zero-order valence-electron chi connectivity index (χ0n) is 12.6. The van der Waals surface area contributed by atoms with Gasteiger partial charge in [0.15, 0.2) is 14.0 Å². The number of hydrogen-bond donors (Lipinski definition) is 0. The molecule has 22 heavy (non-hydrogen) atoms. The van der Waals surface area contributed by atoms with Gasteiger partial charge in [0.2, 0.25) is 0 Å². The van der Waals surface area contributed by atoms with E-state index in [-0.39, 0.29) is 12.0 Å². The molecule has 2 aliphatic heterocycles. The fourth-order valence-electron chi connectivity index (χ4n) is 3.15. The summed E-state index contributed by atoms with van der Waals surface area (Å²) in [5.74, 6) is 0.149. The van der Waals surface area contributed by atoms with Crippen molar-refractivity contribution in [2.24, 2.45) is 0 Å². The van der Waals surface area contributed by atoms with Gasteiger partial charge in [0.1, 0.15) is 6.10 Å². The summed E-state index contributed by atoms with van der Waals surface area (Å²) in [6.45, 7) is 2.76. The maximum Gasteiger partial charge on any atom is 0.188 e. The second-order valence-electron chi connectivity index (χ2n) is 6.02. The van der Waals surface area contributed by atoms with Crippen molar-refractivity contribution in [1.82, 2.24) is 14.5 Å².